The number of hydrogen-bond acceptors (Lipinski definition) is 8. The molecule has 5 rings (SSSR count). The normalized spacial score (nSPS) is 22.4. The maximum absolute atomic E-state index is 15.7. The van der Waals surface area contributed by atoms with E-state index in [1.54, 1.807) is 6.20 Å². The zero-order valence-corrected chi connectivity index (χ0v) is 18.3. The maximum Gasteiger partial charge on any atom is 0.240 e. The van der Waals surface area contributed by atoms with Crippen molar-refractivity contribution in [2.75, 3.05) is 18.1 Å². The van der Waals surface area contributed by atoms with Crippen LogP contribution in [0.4, 0.5) is 16.3 Å². The summed E-state index contributed by atoms with van der Waals surface area (Å²) in [5.41, 5.74) is 13.8. The van der Waals surface area contributed by atoms with Gasteiger partial charge in [0.25, 0.3) is 0 Å². The molecule has 4 aromatic rings. The van der Waals surface area contributed by atoms with Crippen LogP contribution in [0.3, 0.4) is 0 Å². The molecule has 3 heterocycles. The van der Waals surface area contributed by atoms with Gasteiger partial charge >= 0.3 is 0 Å². The maximum atomic E-state index is 15.7. The first kappa shape index (κ1) is 22.2. The van der Waals surface area contributed by atoms with Crippen LogP contribution in [0.1, 0.15) is 22.9 Å². The third-order valence-electron chi connectivity index (χ3n) is 5.66. The highest BCUT2D eigenvalue weighted by atomic mass is 19.1. The Bertz CT molecular complexity index is 1240. The molecule has 1 aliphatic rings. The molecule has 4 atom stereocenters. The molecule has 1 aliphatic heterocycles. The van der Waals surface area contributed by atoms with E-state index in [2.05, 4.69) is 15.0 Å². The second-order valence-corrected chi connectivity index (χ2v) is 8.08. The molecule has 0 saturated carbocycles. The zero-order valence-electron chi connectivity index (χ0n) is 18.3. The predicted molar refractivity (Wildman–Crippen MR) is 123 cm³/mol. The van der Waals surface area contributed by atoms with Crippen molar-refractivity contribution in [1.29, 1.82) is 0 Å². The van der Waals surface area contributed by atoms with E-state index in [-0.39, 0.29) is 30.9 Å². The number of nitrogens with two attached hydrogens (primary N) is 2. The number of alkyl halides is 1. The lowest BCUT2D eigenvalue weighted by atomic mass is 10.1. The van der Waals surface area contributed by atoms with E-state index in [9.17, 15) is 0 Å². The molecule has 0 spiro atoms. The van der Waals surface area contributed by atoms with Crippen LogP contribution in [0, 0.1) is 0 Å². The second kappa shape index (κ2) is 9.72. The SMILES string of the molecule is Nc1nc(N)n2cc([C@@H]3O[C@H](COCc4ccccc4)[C@@H](OCc4ccccc4)[C@H]3F)nc2n1. The Hall–Kier alpha value is -3.60. The van der Waals surface area contributed by atoms with E-state index in [1.165, 1.54) is 4.40 Å². The third-order valence-corrected chi connectivity index (χ3v) is 5.66. The number of nitrogens with zero attached hydrogens (tertiary/aromatic N) is 4. The molecule has 2 aromatic carbocycles. The number of hydrogen-bond donors (Lipinski definition) is 2. The smallest absolute Gasteiger partial charge is 0.240 e. The Morgan fingerprint density at radius 3 is 2.29 bits per heavy atom. The fourth-order valence-electron chi connectivity index (χ4n) is 3.99. The highest BCUT2D eigenvalue weighted by Gasteiger charge is 2.47. The molecule has 34 heavy (non-hydrogen) atoms. The first-order valence-electron chi connectivity index (χ1n) is 10.9. The number of anilines is 2. The van der Waals surface area contributed by atoms with Crippen LogP contribution in [0.15, 0.2) is 66.9 Å². The number of nitrogen functional groups attached to an aromatic ring is 2. The van der Waals surface area contributed by atoms with E-state index in [0.29, 0.717) is 12.3 Å². The van der Waals surface area contributed by atoms with E-state index in [0.717, 1.165) is 11.1 Å². The van der Waals surface area contributed by atoms with Crippen molar-refractivity contribution in [1.82, 2.24) is 19.4 Å². The summed E-state index contributed by atoms with van der Waals surface area (Å²) in [6.07, 6.45) is -2.38. The summed E-state index contributed by atoms with van der Waals surface area (Å²) in [7, 11) is 0. The summed E-state index contributed by atoms with van der Waals surface area (Å²) in [6, 6.07) is 19.3. The molecule has 1 saturated heterocycles. The lowest BCUT2D eigenvalue weighted by Crippen LogP contribution is -2.34. The predicted octanol–water partition coefficient (Wildman–Crippen LogP) is 2.87. The number of ether oxygens (including phenoxy) is 3. The number of aromatic nitrogens is 4. The van der Waals surface area contributed by atoms with Crippen molar-refractivity contribution in [3.8, 4) is 0 Å². The zero-order chi connectivity index (χ0) is 23.5. The summed E-state index contributed by atoms with van der Waals surface area (Å²) in [6.45, 7) is 0.790. The average Bonchev–Trinajstić information content (AvgIpc) is 3.40. The van der Waals surface area contributed by atoms with Crippen LogP contribution in [0.25, 0.3) is 5.78 Å². The Balaban J connectivity index is 1.34. The molecule has 0 unspecified atom stereocenters. The summed E-state index contributed by atoms with van der Waals surface area (Å²) in [5, 5.41) is 0. The minimum absolute atomic E-state index is 0.0115. The highest BCUT2D eigenvalue weighted by Crippen LogP contribution is 2.38. The van der Waals surface area contributed by atoms with Crippen molar-refractivity contribution >= 4 is 17.7 Å². The van der Waals surface area contributed by atoms with Gasteiger partial charge in [-0.1, -0.05) is 60.7 Å². The van der Waals surface area contributed by atoms with Gasteiger partial charge in [0.2, 0.25) is 17.7 Å². The third kappa shape index (κ3) is 4.69. The average molecular weight is 465 g/mol. The quantitative estimate of drug-likeness (QED) is 0.408. The van der Waals surface area contributed by atoms with Gasteiger partial charge in [0, 0.05) is 6.20 Å². The van der Waals surface area contributed by atoms with Crippen molar-refractivity contribution in [2.24, 2.45) is 0 Å². The van der Waals surface area contributed by atoms with Crippen LogP contribution in [0.2, 0.25) is 0 Å². The topological polar surface area (TPSA) is 123 Å². The summed E-state index contributed by atoms with van der Waals surface area (Å²) in [5.74, 6) is 0.318. The second-order valence-electron chi connectivity index (χ2n) is 8.08. The molecule has 10 heteroatoms. The van der Waals surface area contributed by atoms with Gasteiger partial charge in [-0.15, -0.1) is 0 Å². The molecule has 4 N–H and O–H groups in total. The highest BCUT2D eigenvalue weighted by molar-refractivity contribution is 5.43. The van der Waals surface area contributed by atoms with Crippen LogP contribution >= 0.6 is 0 Å². The first-order chi connectivity index (χ1) is 16.6. The number of imidazole rings is 1. The van der Waals surface area contributed by atoms with Gasteiger partial charge in [-0.2, -0.15) is 9.97 Å². The molecule has 0 amide bonds. The van der Waals surface area contributed by atoms with E-state index in [1.807, 2.05) is 60.7 Å². The fraction of sp³-hybridized carbons (Fsp3) is 0.292. The minimum Gasteiger partial charge on any atom is -0.374 e. The molecule has 2 aromatic heterocycles. The van der Waals surface area contributed by atoms with Gasteiger partial charge in [0.15, 0.2) is 6.17 Å². The van der Waals surface area contributed by atoms with E-state index < -0.39 is 24.5 Å². The van der Waals surface area contributed by atoms with Gasteiger partial charge < -0.3 is 25.7 Å². The minimum atomic E-state index is -1.48. The van der Waals surface area contributed by atoms with Crippen LogP contribution < -0.4 is 11.5 Å². The fourth-order valence-corrected chi connectivity index (χ4v) is 3.99. The molecule has 176 valence electrons. The van der Waals surface area contributed by atoms with Crippen LogP contribution in [0.5, 0.6) is 0 Å². The molecular weight excluding hydrogens is 439 g/mol. The van der Waals surface area contributed by atoms with E-state index >= 15 is 4.39 Å². The Labute approximate surface area is 195 Å². The molecule has 0 radical (unpaired) electrons. The van der Waals surface area contributed by atoms with Crippen molar-refractivity contribution < 1.29 is 18.6 Å². The van der Waals surface area contributed by atoms with Crippen molar-refractivity contribution in [2.45, 2.75) is 37.7 Å². The van der Waals surface area contributed by atoms with Crippen molar-refractivity contribution in [3.05, 3.63) is 83.7 Å². The number of rotatable bonds is 8. The monoisotopic (exact) mass is 464 g/mol. The molecule has 1 fully saturated rings. The van der Waals surface area contributed by atoms with Gasteiger partial charge in [-0.3, -0.25) is 4.40 Å². The van der Waals surface area contributed by atoms with Gasteiger partial charge in [0.05, 0.1) is 25.5 Å². The number of benzene rings is 2. The Morgan fingerprint density at radius 1 is 0.912 bits per heavy atom. The van der Waals surface area contributed by atoms with Crippen LogP contribution in [-0.4, -0.2) is 44.3 Å². The lowest BCUT2D eigenvalue weighted by molar-refractivity contribution is -0.0740. The summed E-state index contributed by atoms with van der Waals surface area (Å²) >= 11 is 0. The summed E-state index contributed by atoms with van der Waals surface area (Å²) in [4.78, 5) is 12.3. The van der Waals surface area contributed by atoms with Gasteiger partial charge in [0.1, 0.15) is 18.3 Å². The first-order valence-corrected chi connectivity index (χ1v) is 10.9. The molecule has 0 bridgehead atoms. The van der Waals surface area contributed by atoms with Crippen LogP contribution in [-0.2, 0) is 27.4 Å². The molecular formula is C24H25FN6O3. The van der Waals surface area contributed by atoms with Gasteiger partial charge in [-0.25, -0.2) is 9.37 Å². The summed E-state index contributed by atoms with van der Waals surface area (Å²) < 4.78 is 35.1. The van der Waals surface area contributed by atoms with Crippen molar-refractivity contribution in [3.63, 3.8) is 0 Å². The largest absolute Gasteiger partial charge is 0.374 e. The molecule has 0 aliphatic carbocycles. The molecule has 9 nitrogen and oxygen atoms in total. The van der Waals surface area contributed by atoms with Gasteiger partial charge in [-0.05, 0) is 11.1 Å². The Kier molecular flexibility index (Phi) is 6.35. The Morgan fingerprint density at radius 2 is 1.59 bits per heavy atom. The number of halogens is 1. The van der Waals surface area contributed by atoms with E-state index in [4.69, 9.17) is 25.7 Å². The lowest BCUT2D eigenvalue weighted by Gasteiger charge is -2.20. The standard InChI is InChI=1S/C24H25FN6O3/c25-19-20(17-11-31-23(27)29-22(26)30-24(31)28-17)34-18(14-32-12-15-7-3-1-4-8-15)21(19)33-13-16-9-5-2-6-10-16/h1-11,18-21H,12-14H2,(H4,26,27,28,29,30)/t18-,19+,20+,21-/m1/s1. The number of fused-ring (bicyclic) bond motifs is 1.